The number of quaternary nitrogens is 1. The Morgan fingerprint density at radius 1 is 1.27 bits per heavy atom. The van der Waals surface area contributed by atoms with Gasteiger partial charge in [0.15, 0.2) is 0 Å². The van der Waals surface area contributed by atoms with Crippen molar-refractivity contribution in [2.45, 2.75) is 25.7 Å². The van der Waals surface area contributed by atoms with E-state index in [1.807, 2.05) is 13.8 Å². The number of benzene rings is 1. The van der Waals surface area contributed by atoms with Crippen molar-refractivity contribution in [3.8, 4) is 5.75 Å². The zero-order valence-corrected chi connectivity index (χ0v) is 14.9. The number of aryl methyl sites for hydroxylation is 1. The molecular weight excluding hydrogens is 324 g/mol. The molecule has 0 amide bonds. The topological polar surface area (TPSA) is 51.1 Å². The van der Waals surface area contributed by atoms with Crippen LogP contribution in [0.3, 0.4) is 0 Å². The molecule has 124 valence electrons. The summed E-state index contributed by atoms with van der Waals surface area (Å²) in [6.07, 6.45) is 0. The van der Waals surface area contributed by atoms with Gasteiger partial charge in [0, 0.05) is 5.02 Å². The Morgan fingerprint density at radius 3 is 2.45 bits per heavy atom. The smallest absolute Gasteiger partial charge is 0.247 e. The van der Waals surface area contributed by atoms with E-state index < -0.39 is 10.0 Å². The van der Waals surface area contributed by atoms with Crippen LogP contribution in [0.4, 0.5) is 0 Å². The van der Waals surface area contributed by atoms with Crippen LogP contribution in [0.25, 0.3) is 0 Å². The minimum atomic E-state index is -3.58. The first kappa shape index (κ1) is 17.5. The van der Waals surface area contributed by atoms with Gasteiger partial charge in [0.2, 0.25) is 10.0 Å². The second-order valence-electron chi connectivity index (χ2n) is 5.49. The number of ether oxygens (including phenoxy) is 1. The van der Waals surface area contributed by atoms with Gasteiger partial charge in [-0.15, -0.1) is 0 Å². The number of hydrogen-bond donors (Lipinski definition) is 1. The van der Waals surface area contributed by atoms with Gasteiger partial charge in [0.1, 0.15) is 10.6 Å². The fraction of sp³-hybridized carbons (Fsp3) is 0.600. The van der Waals surface area contributed by atoms with Crippen LogP contribution in [0.5, 0.6) is 5.75 Å². The highest BCUT2D eigenvalue weighted by Gasteiger charge is 2.32. The van der Waals surface area contributed by atoms with Gasteiger partial charge in [0.25, 0.3) is 0 Å². The first-order chi connectivity index (χ1) is 10.4. The Morgan fingerprint density at radius 2 is 1.91 bits per heavy atom. The summed E-state index contributed by atoms with van der Waals surface area (Å²) < 4.78 is 32.9. The molecule has 7 heteroatoms. The minimum Gasteiger partial charge on any atom is -0.492 e. The van der Waals surface area contributed by atoms with Gasteiger partial charge in [-0.05, 0) is 38.5 Å². The van der Waals surface area contributed by atoms with E-state index in [0.717, 1.165) is 25.2 Å². The van der Waals surface area contributed by atoms with E-state index in [-0.39, 0.29) is 4.90 Å². The summed E-state index contributed by atoms with van der Waals surface area (Å²) in [4.78, 5) is 1.60. The standard InChI is InChI=1S/C15H23ClN2O3S/c1-4-17-6-8-18(9-7-17)22(19,20)15-11-13(16)12(3)10-14(15)21-5-2/h10-11H,4-9H2,1-3H3/p+1. The van der Waals surface area contributed by atoms with Crippen LogP contribution in [0.15, 0.2) is 17.0 Å². The Hall–Kier alpha value is -0.820. The molecule has 1 N–H and O–H groups in total. The summed E-state index contributed by atoms with van der Waals surface area (Å²) in [6.45, 7) is 9.95. The molecule has 0 saturated carbocycles. The Balaban J connectivity index is 2.35. The summed E-state index contributed by atoms with van der Waals surface area (Å²) in [5.41, 5.74) is 0.810. The number of likely N-dealkylation sites (N-methyl/N-ethyl adjacent to an activating group) is 1. The molecule has 2 rings (SSSR count). The molecule has 1 saturated heterocycles. The summed E-state index contributed by atoms with van der Waals surface area (Å²) in [7, 11) is -3.58. The molecule has 0 radical (unpaired) electrons. The molecule has 0 bridgehead atoms. The van der Waals surface area contributed by atoms with E-state index in [0.29, 0.717) is 30.5 Å². The first-order valence-corrected chi connectivity index (χ1v) is 9.48. The van der Waals surface area contributed by atoms with Crippen molar-refractivity contribution in [2.24, 2.45) is 0 Å². The Labute approximate surface area is 137 Å². The molecule has 1 aromatic rings. The van der Waals surface area contributed by atoms with Gasteiger partial charge < -0.3 is 9.64 Å². The van der Waals surface area contributed by atoms with Crippen molar-refractivity contribution in [3.05, 3.63) is 22.7 Å². The van der Waals surface area contributed by atoms with Crippen molar-refractivity contribution in [2.75, 3.05) is 39.3 Å². The molecule has 0 atom stereocenters. The molecule has 1 aliphatic heterocycles. The molecule has 1 fully saturated rings. The molecule has 0 aromatic heterocycles. The van der Waals surface area contributed by atoms with Crippen LogP contribution in [-0.2, 0) is 10.0 Å². The predicted molar refractivity (Wildman–Crippen MR) is 87.4 cm³/mol. The van der Waals surface area contributed by atoms with Crippen molar-refractivity contribution < 1.29 is 18.1 Å². The number of piperazine rings is 1. The normalized spacial score (nSPS) is 17.6. The lowest BCUT2D eigenvalue weighted by Gasteiger charge is -2.31. The maximum atomic E-state index is 12.9. The van der Waals surface area contributed by atoms with Crippen molar-refractivity contribution in [3.63, 3.8) is 0 Å². The average Bonchev–Trinajstić information content (AvgIpc) is 2.51. The van der Waals surface area contributed by atoms with E-state index in [2.05, 4.69) is 6.92 Å². The van der Waals surface area contributed by atoms with Gasteiger partial charge in [-0.25, -0.2) is 8.42 Å². The van der Waals surface area contributed by atoms with Gasteiger partial charge in [-0.3, -0.25) is 0 Å². The van der Waals surface area contributed by atoms with Crippen LogP contribution in [0.2, 0.25) is 5.02 Å². The molecule has 5 nitrogen and oxygen atoms in total. The number of halogens is 1. The molecule has 0 aliphatic carbocycles. The first-order valence-electron chi connectivity index (χ1n) is 7.66. The van der Waals surface area contributed by atoms with E-state index in [4.69, 9.17) is 16.3 Å². The van der Waals surface area contributed by atoms with Crippen molar-refractivity contribution in [1.82, 2.24) is 4.31 Å². The van der Waals surface area contributed by atoms with Crippen molar-refractivity contribution >= 4 is 21.6 Å². The third-order valence-corrected chi connectivity index (χ3v) is 6.40. The lowest BCUT2D eigenvalue weighted by molar-refractivity contribution is -0.901. The highest BCUT2D eigenvalue weighted by atomic mass is 35.5. The number of rotatable bonds is 5. The largest absolute Gasteiger partial charge is 0.492 e. The highest BCUT2D eigenvalue weighted by Crippen LogP contribution is 2.32. The minimum absolute atomic E-state index is 0.171. The van der Waals surface area contributed by atoms with Gasteiger partial charge in [0.05, 0.1) is 39.3 Å². The molecule has 0 unspecified atom stereocenters. The predicted octanol–water partition coefficient (Wildman–Crippen LogP) is 0.956. The Kier molecular flexibility index (Phi) is 5.71. The SMILES string of the molecule is CCOc1cc(C)c(Cl)cc1S(=O)(=O)N1CC[NH+](CC)CC1. The summed E-state index contributed by atoms with van der Waals surface area (Å²) >= 11 is 6.13. The second kappa shape index (κ2) is 7.17. The van der Waals surface area contributed by atoms with Crippen LogP contribution < -0.4 is 9.64 Å². The highest BCUT2D eigenvalue weighted by molar-refractivity contribution is 7.89. The van der Waals surface area contributed by atoms with Crippen LogP contribution in [0, 0.1) is 6.92 Å². The van der Waals surface area contributed by atoms with Crippen LogP contribution in [-0.4, -0.2) is 52.1 Å². The zero-order chi connectivity index (χ0) is 16.3. The fourth-order valence-corrected chi connectivity index (χ4v) is 4.45. The summed E-state index contributed by atoms with van der Waals surface area (Å²) in [5, 5.41) is 0.444. The molecule has 1 aromatic carbocycles. The Bertz CT molecular complexity index is 626. The third-order valence-electron chi connectivity index (χ3n) is 4.07. The van der Waals surface area contributed by atoms with Gasteiger partial charge in [-0.1, -0.05) is 11.6 Å². The molecule has 0 spiro atoms. The second-order valence-corrected chi connectivity index (χ2v) is 7.80. The lowest BCUT2D eigenvalue weighted by Crippen LogP contribution is -3.14. The number of sulfonamides is 1. The maximum Gasteiger partial charge on any atom is 0.247 e. The van der Waals surface area contributed by atoms with E-state index in [1.165, 1.54) is 15.3 Å². The summed E-state index contributed by atoms with van der Waals surface area (Å²) in [6, 6.07) is 3.21. The summed E-state index contributed by atoms with van der Waals surface area (Å²) in [5.74, 6) is 0.384. The number of nitrogens with one attached hydrogen (secondary N) is 1. The van der Waals surface area contributed by atoms with Gasteiger partial charge >= 0.3 is 0 Å². The van der Waals surface area contributed by atoms with Gasteiger partial charge in [-0.2, -0.15) is 4.31 Å². The monoisotopic (exact) mass is 347 g/mol. The maximum absolute atomic E-state index is 12.9. The fourth-order valence-electron chi connectivity index (χ4n) is 2.64. The number of hydrogen-bond acceptors (Lipinski definition) is 3. The lowest BCUT2D eigenvalue weighted by atomic mass is 10.2. The van der Waals surface area contributed by atoms with Crippen molar-refractivity contribution in [1.29, 1.82) is 0 Å². The quantitative estimate of drug-likeness (QED) is 0.863. The molecule has 22 heavy (non-hydrogen) atoms. The van der Waals surface area contributed by atoms with Crippen LogP contribution in [0.1, 0.15) is 19.4 Å². The average molecular weight is 348 g/mol. The molecular formula is C15H24ClN2O3S+. The molecule has 1 heterocycles. The van der Waals surface area contributed by atoms with Crippen LogP contribution >= 0.6 is 11.6 Å². The molecule has 1 aliphatic rings. The van der Waals surface area contributed by atoms with E-state index in [9.17, 15) is 8.42 Å². The third kappa shape index (κ3) is 3.56. The van der Waals surface area contributed by atoms with E-state index in [1.54, 1.807) is 6.07 Å². The zero-order valence-electron chi connectivity index (χ0n) is 13.4. The van der Waals surface area contributed by atoms with E-state index >= 15 is 0 Å². The number of nitrogens with zero attached hydrogens (tertiary/aromatic N) is 1.